The fraction of sp³-hybridized carbons (Fsp3) is 0.875. The molecular formula is C8H18N2O4S. The summed E-state index contributed by atoms with van der Waals surface area (Å²) in [5.41, 5.74) is 5.63. The van der Waals surface area contributed by atoms with Crippen LogP contribution in [0.2, 0.25) is 0 Å². The molecule has 15 heavy (non-hydrogen) atoms. The van der Waals surface area contributed by atoms with E-state index in [-0.39, 0.29) is 12.3 Å². The van der Waals surface area contributed by atoms with Gasteiger partial charge in [-0.25, -0.2) is 13.6 Å². The fourth-order valence-corrected chi connectivity index (χ4v) is 1.88. The molecule has 0 spiro atoms. The zero-order chi connectivity index (χ0) is 12.2. The second-order valence-electron chi connectivity index (χ2n) is 3.90. The highest BCUT2D eigenvalue weighted by atomic mass is 32.2. The molecule has 0 unspecified atom stereocenters. The predicted octanol–water partition coefficient (Wildman–Crippen LogP) is -0.508. The van der Waals surface area contributed by atoms with E-state index < -0.39 is 27.3 Å². The number of aliphatic carboxylic acids is 1. The number of nitrogens with two attached hydrogens (primary N) is 2. The Labute approximate surface area is 89.7 Å². The van der Waals surface area contributed by atoms with E-state index in [9.17, 15) is 13.2 Å². The molecule has 0 aliphatic carbocycles. The van der Waals surface area contributed by atoms with Crippen molar-refractivity contribution in [1.82, 2.24) is 0 Å². The third kappa shape index (κ3) is 5.71. The van der Waals surface area contributed by atoms with Crippen LogP contribution in [-0.4, -0.2) is 30.8 Å². The number of rotatable bonds is 6. The van der Waals surface area contributed by atoms with Gasteiger partial charge in [-0.1, -0.05) is 6.92 Å². The standard InChI is InChI=1S/C8H18N2O4S/c1-5(4-8(11)12)3-7(9)6(2)15(10,13)14/h5-7H,3-4,9H2,1-2H3,(H,11,12)(H2,10,13,14)/t5-,6+,7-/m0/s1. The maximum atomic E-state index is 11.0. The Bertz CT molecular complexity index is 315. The van der Waals surface area contributed by atoms with Gasteiger partial charge in [0.25, 0.3) is 0 Å². The number of carbonyl (C=O) groups is 1. The average Bonchev–Trinajstić information content (AvgIpc) is 1.99. The van der Waals surface area contributed by atoms with E-state index >= 15 is 0 Å². The summed E-state index contributed by atoms with van der Waals surface area (Å²) in [5, 5.41) is 12.6. The SMILES string of the molecule is C[C@H](CC(=O)O)C[C@H](N)[C@@H](C)S(N)(=O)=O. The van der Waals surface area contributed by atoms with Crippen molar-refractivity contribution in [3.05, 3.63) is 0 Å². The van der Waals surface area contributed by atoms with E-state index in [0.717, 1.165) is 0 Å². The van der Waals surface area contributed by atoms with Gasteiger partial charge in [0.2, 0.25) is 10.0 Å². The van der Waals surface area contributed by atoms with Gasteiger partial charge in [0, 0.05) is 12.5 Å². The Morgan fingerprint density at radius 1 is 1.40 bits per heavy atom. The third-order valence-corrected chi connectivity index (χ3v) is 3.70. The molecule has 6 nitrogen and oxygen atoms in total. The van der Waals surface area contributed by atoms with Crippen LogP contribution in [0.3, 0.4) is 0 Å². The van der Waals surface area contributed by atoms with Gasteiger partial charge < -0.3 is 10.8 Å². The first-order valence-electron chi connectivity index (χ1n) is 4.63. The second-order valence-corrected chi connectivity index (χ2v) is 5.82. The van der Waals surface area contributed by atoms with Crippen LogP contribution in [0.15, 0.2) is 0 Å². The molecule has 7 heteroatoms. The monoisotopic (exact) mass is 238 g/mol. The minimum Gasteiger partial charge on any atom is -0.481 e. The summed E-state index contributed by atoms with van der Waals surface area (Å²) in [5.74, 6) is -1.08. The molecule has 0 fully saturated rings. The molecule has 0 radical (unpaired) electrons. The lowest BCUT2D eigenvalue weighted by Gasteiger charge is -2.20. The molecule has 0 rings (SSSR count). The molecule has 0 amide bonds. The Kier molecular flexibility index (Phi) is 5.19. The van der Waals surface area contributed by atoms with E-state index in [4.69, 9.17) is 16.0 Å². The fourth-order valence-electron chi connectivity index (χ4n) is 1.28. The number of sulfonamides is 1. The van der Waals surface area contributed by atoms with Crippen molar-refractivity contribution >= 4 is 16.0 Å². The maximum Gasteiger partial charge on any atom is 0.303 e. The van der Waals surface area contributed by atoms with Gasteiger partial charge in [0.1, 0.15) is 0 Å². The molecule has 0 aliphatic heterocycles. The van der Waals surface area contributed by atoms with E-state index in [1.807, 2.05) is 0 Å². The van der Waals surface area contributed by atoms with Gasteiger partial charge in [-0.15, -0.1) is 0 Å². The molecule has 0 aromatic carbocycles. The molecule has 0 heterocycles. The van der Waals surface area contributed by atoms with Gasteiger partial charge >= 0.3 is 5.97 Å². The lowest BCUT2D eigenvalue weighted by Crippen LogP contribution is -2.42. The number of hydrogen-bond donors (Lipinski definition) is 3. The Hall–Kier alpha value is -0.660. The van der Waals surface area contributed by atoms with Crippen LogP contribution in [0.25, 0.3) is 0 Å². The zero-order valence-electron chi connectivity index (χ0n) is 8.88. The van der Waals surface area contributed by atoms with Gasteiger partial charge in [0.05, 0.1) is 5.25 Å². The number of hydrogen-bond acceptors (Lipinski definition) is 4. The summed E-state index contributed by atoms with van der Waals surface area (Å²) in [6, 6.07) is -0.630. The van der Waals surface area contributed by atoms with Crippen LogP contribution >= 0.6 is 0 Å². The predicted molar refractivity (Wildman–Crippen MR) is 56.6 cm³/mol. The largest absolute Gasteiger partial charge is 0.481 e. The minimum absolute atomic E-state index is 0.0228. The highest BCUT2D eigenvalue weighted by Crippen LogP contribution is 2.13. The summed E-state index contributed by atoms with van der Waals surface area (Å²) in [6.45, 7) is 3.14. The Morgan fingerprint density at radius 3 is 2.20 bits per heavy atom. The first kappa shape index (κ1) is 14.3. The van der Waals surface area contributed by atoms with E-state index in [1.54, 1.807) is 6.92 Å². The van der Waals surface area contributed by atoms with E-state index in [2.05, 4.69) is 0 Å². The summed E-state index contributed by atoms with van der Waals surface area (Å²) in [7, 11) is -3.65. The molecule has 90 valence electrons. The molecule has 5 N–H and O–H groups in total. The van der Waals surface area contributed by atoms with Gasteiger partial charge in [-0.3, -0.25) is 4.79 Å². The van der Waals surface area contributed by atoms with Crippen molar-refractivity contribution < 1.29 is 18.3 Å². The van der Waals surface area contributed by atoms with Crippen molar-refractivity contribution in [2.45, 2.75) is 38.0 Å². The van der Waals surface area contributed by atoms with Crippen LogP contribution in [0.4, 0.5) is 0 Å². The van der Waals surface area contributed by atoms with Crippen molar-refractivity contribution in [2.75, 3.05) is 0 Å². The summed E-state index contributed by atoms with van der Waals surface area (Å²) in [6.07, 6.45) is 0.301. The topological polar surface area (TPSA) is 123 Å². The van der Waals surface area contributed by atoms with Crippen molar-refractivity contribution in [1.29, 1.82) is 0 Å². The van der Waals surface area contributed by atoms with Crippen LogP contribution < -0.4 is 10.9 Å². The van der Waals surface area contributed by atoms with Crippen LogP contribution in [0.5, 0.6) is 0 Å². The van der Waals surface area contributed by atoms with Gasteiger partial charge in [-0.2, -0.15) is 0 Å². The van der Waals surface area contributed by atoms with Crippen molar-refractivity contribution in [3.8, 4) is 0 Å². The smallest absolute Gasteiger partial charge is 0.303 e. The summed E-state index contributed by atoms with van der Waals surface area (Å²) in [4.78, 5) is 10.4. The first-order valence-corrected chi connectivity index (χ1v) is 6.24. The summed E-state index contributed by atoms with van der Waals surface area (Å²) < 4.78 is 21.9. The third-order valence-electron chi connectivity index (χ3n) is 2.32. The van der Waals surface area contributed by atoms with E-state index in [1.165, 1.54) is 6.92 Å². The average molecular weight is 238 g/mol. The molecule has 3 atom stereocenters. The molecule has 0 aromatic rings. The molecule has 0 saturated heterocycles. The highest BCUT2D eigenvalue weighted by Gasteiger charge is 2.25. The zero-order valence-corrected chi connectivity index (χ0v) is 9.70. The van der Waals surface area contributed by atoms with Gasteiger partial charge in [0.15, 0.2) is 0 Å². The van der Waals surface area contributed by atoms with Crippen LogP contribution in [0.1, 0.15) is 26.7 Å². The molecule has 0 bridgehead atoms. The minimum atomic E-state index is -3.65. The Balaban J connectivity index is 4.25. The normalized spacial score (nSPS) is 18.1. The Morgan fingerprint density at radius 2 is 1.87 bits per heavy atom. The quantitative estimate of drug-likeness (QED) is 0.575. The van der Waals surface area contributed by atoms with Crippen LogP contribution in [-0.2, 0) is 14.8 Å². The molecule has 0 saturated carbocycles. The molecular weight excluding hydrogens is 220 g/mol. The lowest BCUT2D eigenvalue weighted by molar-refractivity contribution is -0.138. The number of primary sulfonamides is 1. The number of carboxylic acids is 1. The second kappa shape index (κ2) is 5.43. The van der Waals surface area contributed by atoms with Crippen molar-refractivity contribution in [2.24, 2.45) is 16.8 Å². The number of carboxylic acid groups (broad SMARTS) is 1. The maximum absolute atomic E-state index is 11.0. The van der Waals surface area contributed by atoms with Gasteiger partial charge in [-0.05, 0) is 19.3 Å². The van der Waals surface area contributed by atoms with Crippen LogP contribution in [0, 0.1) is 5.92 Å². The van der Waals surface area contributed by atoms with Crippen molar-refractivity contribution in [3.63, 3.8) is 0 Å². The molecule has 0 aliphatic rings. The first-order chi connectivity index (χ1) is 6.64. The highest BCUT2D eigenvalue weighted by molar-refractivity contribution is 7.89. The molecule has 0 aromatic heterocycles. The summed E-state index contributed by atoms with van der Waals surface area (Å²) >= 11 is 0. The van der Waals surface area contributed by atoms with E-state index in [0.29, 0.717) is 6.42 Å². The lowest BCUT2D eigenvalue weighted by atomic mass is 9.97.